The van der Waals surface area contributed by atoms with Gasteiger partial charge < -0.3 is 14.2 Å². The van der Waals surface area contributed by atoms with Crippen LogP contribution in [-0.4, -0.2) is 27.7 Å². The Bertz CT molecular complexity index is 1170. The fourth-order valence-corrected chi connectivity index (χ4v) is 3.88. The predicted octanol–water partition coefficient (Wildman–Crippen LogP) is 7.03. The van der Waals surface area contributed by atoms with E-state index in [1.807, 2.05) is 19.1 Å². The molecule has 4 rings (SSSR count). The fourth-order valence-electron chi connectivity index (χ4n) is 3.88. The van der Waals surface area contributed by atoms with Crippen molar-refractivity contribution in [3.8, 4) is 28.0 Å². The van der Waals surface area contributed by atoms with E-state index >= 15 is 0 Å². The minimum Gasteiger partial charge on any atom is -0.490 e. The van der Waals surface area contributed by atoms with Crippen molar-refractivity contribution in [2.24, 2.45) is 5.92 Å². The van der Waals surface area contributed by atoms with Crippen molar-refractivity contribution >= 4 is 7.85 Å². The number of rotatable bonds is 8. The van der Waals surface area contributed by atoms with Crippen LogP contribution < -0.4 is 4.74 Å². The largest absolute Gasteiger partial charge is 0.490 e. The van der Waals surface area contributed by atoms with E-state index in [0.717, 1.165) is 0 Å². The third kappa shape index (κ3) is 5.80. The van der Waals surface area contributed by atoms with Crippen molar-refractivity contribution in [3.05, 3.63) is 89.8 Å². The maximum absolute atomic E-state index is 14.9. The van der Waals surface area contributed by atoms with Crippen molar-refractivity contribution in [1.82, 2.24) is 0 Å². The van der Waals surface area contributed by atoms with Crippen molar-refractivity contribution in [1.29, 1.82) is 0 Å². The zero-order valence-electron chi connectivity index (χ0n) is 19.5. The molecule has 0 aliphatic carbocycles. The van der Waals surface area contributed by atoms with E-state index in [4.69, 9.17) is 22.1 Å². The summed E-state index contributed by atoms with van der Waals surface area (Å²) in [5, 5.41) is 0. The number of allylic oxidation sites excluding steroid dienone is 1. The summed E-state index contributed by atoms with van der Waals surface area (Å²) in [7, 11) is 5.63. The van der Waals surface area contributed by atoms with Crippen molar-refractivity contribution in [3.63, 3.8) is 0 Å². The molecule has 0 unspecified atom stereocenters. The second-order valence-corrected chi connectivity index (χ2v) is 8.36. The van der Waals surface area contributed by atoms with Crippen LogP contribution in [0.4, 0.5) is 13.2 Å². The van der Waals surface area contributed by atoms with Gasteiger partial charge in [0, 0.05) is 16.7 Å². The molecule has 3 aromatic rings. The highest BCUT2D eigenvalue weighted by Crippen LogP contribution is 2.33. The Hall–Kier alpha value is -3.03. The average molecular weight is 478 g/mol. The first-order valence-corrected chi connectivity index (χ1v) is 11.6. The minimum atomic E-state index is -1.03. The maximum atomic E-state index is 14.9. The number of ether oxygens (including phenoxy) is 3. The van der Waals surface area contributed by atoms with E-state index in [2.05, 4.69) is 0 Å². The molecule has 0 aromatic heterocycles. The van der Waals surface area contributed by atoms with E-state index in [9.17, 15) is 13.2 Å². The summed E-state index contributed by atoms with van der Waals surface area (Å²) in [6.45, 7) is 3.06. The van der Waals surface area contributed by atoms with Gasteiger partial charge in [-0.15, -0.1) is 0 Å². The molecule has 0 spiro atoms. The van der Waals surface area contributed by atoms with Crippen molar-refractivity contribution in [2.45, 2.75) is 26.0 Å². The predicted molar refractivity (Wildman–Crippen MR) is 131 cm³/mol. The molecule has 1 saturated heterocycles. The van der Waals surface area contributed by atoms with Gasteiger partial charge in [-0.05, 0) is 48.6 Å². The Morgan fingerprint density at radius 3 is 2.20 bits per heavy atom. The molecule has 180 valence electrons. The molecular formula is C28H26BF3O3. The Balaban J connectivity index is 1.49. The zero-order chi connectivity index (χ0) is 24.8. The van der Waals surface area contributed by atoms with Gasteiger partial charge in [0.15, 0.2) is 17.9 Å². The molecule has 1 fully saturated rings. The Kier molecular flexibility index (Phi) is 8.31. The lowest BCUT2D eigenvalue weighted by Crippen LogP contribution is -2.26. The van der Waals surface area contributed by atoms with Gasteiger partial charge in [0.2, 0.25) is 5.82 Å². The van der Waals surface area contributed by atoms with E-state index in [1.54, 1.807) is 36.4 Å². The van der Waals surface area contributed by atoms with Crippen LogP contribution in [0.25, 0.3) is 22.3 Å². The normalized spacial score (nSPS) is 18.2. The third-order valence-corrected chi connectivity index (χ3v) is 5.90. The maximum Gasteiger partial charge on any atom is 0.201 e. The lowest BCUT2D eigenvalue weighted by atomic mass is 9.92. The van der Waals surface area contributed by atoms with Crippen LogP contribution in [0.1, 0.15) is 25.2 Å². The first kappa shape index (κ1) is 25.1. The van der Waals surface area contributed by atoms with Crippen LogP contribution in [-0.2, 0) is 9.47 Å². The molecule has 1 aliphatic rings. The van der Waals surface area contributed by atoms with Gasteiger partial charge in [-0.25, -0.2) is 8.78 Å². The molecule has 0 amide bonds. The van der Waals surface area contributed by atoms with Crippen LogP contribution in [0.15, 0.2) is 66.7 Å². The number of hydrogen-bond acceptors (Lipinski definition) is 3. The summed E-state index contributed by atoms with van der Waals surface area (Å²) in [6.07, 6.45) is 4.20. The Labute approximate surface area is 204 Å². The topological polar surface area (TPSA) is 27.7 Å². The first-order valence-electron chi connectivity index (χ1n) is 11.6. The van der Waals surface area contributed by atoms with Gasteiger partial charge in [-0.2, -0.15) is 4.39 Å². The fraction of sp³-hybridized carbons (Fsp3) is 0.286. The van der Waals surface area contributed by atoms with Gasteiger partial charge >= 0.3 is 0 Å². The van der Waals surface area contributed by atoms with Gasteiger partial charge in [0.25, 0.3) is 0 Å². The number of benzene rings is 3. The van der Waals surface area contributed by atoms with E-state index in [-0.39, 0.29) is 23.8 Å². The molecule has 1 aliphatic heterocycles. The molecule has 3 nitrogen and oxygen atoms in total. The Morgan fingerprint density at radius 2 is 1.57 bits per heavy atom. The number of hydrogen-bond donors (Lipinski definition) is 0. The summed E-state index contributed by atoms with van der Waals surface area (Å²) in [6, 6.07) is 14.3. The third-order valence-electron chi connectivity index (χ3n) is 5.90. The zero-order valence-corrected chi connectivity index (χ0v) is 19.5. The molecule has 1 heterocycles. The second-order valence-electron chi connectivity index (χ2n) is 8.36. The molecule has 0 atom stereocenters. The lowest BCUT2D eigenvalue weighted by molar-refractivity contribution is -0.202. The SMILES string of the molecule is [B]CC1COC(c2ccc(-c3ccc(-c4ccc(OCC/C=C\C)c(F)c4F)cc3)c(F)c2)OC1. The molecule has 0 N–H and O–H groups in total. The van der Waals surface area contributed by atoms with Gasteiger partial charge in [-0.1, -0.05) is 54.9 Å². The van der Waals surface area contributed by atoms with Crippen molar-refractivity contribution in [2.75, 3.05) is 19.8 Å². The van der Waals surface area contributed by atoms with Crippen molar-refractivity contribution < 1.29 is 27.4 Å². The highest BCUT2D eigenvalue weighted by molar-refractivity contribution is 6.08. The average Bonchev–Trinajstić information content (AvgIpc) is 2.89. The lowest BCUT2D eigenvalue weighted by Gasteiger charge is -2.29. The van der Waals surface area contributed by atoms with Crippen LogP contribution in [0.2, 0.25) is 6.32 Å². The molecule has 7 heteroatoms. The summed E-state index contributed by atoms with van der Waals surface area (Å²) in [5.41, 5.74) is 2.15. The molecule has 0 saturated carbocycles. The summed E-state index contributed by atoms with van der Waals surface area (Å²) in [4.78, 5) is 0. The quantitative estimate of drug-likeness (QED) is 0.198. The Morgan fingerprint density at radius 1 is 0.914 bits per heavy atom. The molecule has 2 radical (unpaired) electrons. The highest BCUT2D eigenvalue weighted by Gasteiger charge is 2.23. The monoisotopic (exact) mass is 478 g/mol. The summed E-state index contributed by atoms with van der Waals surface area (Å²) in [5.74, 6) is -2.43. The number of halogens is 3. The van der Waals surface area contributed by atoms with E-state index < -0.39 is 23.7 Å². The first-order chi connectivity index (χ1) is 17.0. The van der Waals surface area contributed by atoms with E-state index in [0.29, 0.717) is 48.2 Å². The van der Waals surface area contributed by atoms with Crippen LogP contribution in [0.3, 0.4) is 0 Å². The smallest absolute Gasteiger partial charge is 0.201 e. The molecule has 0 bridgehead atoms. The van der Waals surface area contributed by atoms with Gasteiger partial charge in [0.1, 0.15) is 5.82 Å². The minimum absolute atomic E-state index is 0.105. The summed E-state index contributed by atoms with van der Waals surface area (Å²) >= 11 is 0. The summed E-state index contributed by atoms with van der Waals surface area (Å²) < 4.78 is 60.8. The standard InChI is InChI=1S/C28H26BF3O3/c1-2-3-4-13-33-25-12-11-23(26(31)27(25)32)20-7-5-19(6-8-20)22-10-9-21(14-24(22)30)28-34-16-18(15-29)17-35-28/h2-3,5-12,14,18,28H,4,13,15-17H2,1H3/b3-2-. The van der Waals surface area contributed by atoms with Crippen LogP contribution in [0, 0.1) is 23.4 Å². The second kappa shape index (κ2) is 11.6. The van der Waals surface area contributed by atoms with Crippen LogP contribution in [0.5, 0.6) is 5.75 Å². The van der Waals surface area contributed by atoms with Gasteiger partial charge in [0.05, 0.1) is 27.7 Å². The van der Waals surface area contributed by atoms with E-state index in [1.165, 1.54) is 18.2 Å². The van der Waals surface area contributed by atoms with Gasteiger partial charge in [-0.3, -0.25) is 0 Å². The highest BCUT2D eigenvalue weighted by atomic mass is 19.2. The molecule has 3 aromatic carbocycles. The molecule has 35 heavy (non-hydrogen) atoms. The van der Waals surface area contributed by atoms with Crippen LogP contribution >= 0.6 is 0 Å². The molecular weight excluding hydrogens is 452 g/mol.